The summed E-state index contributed by atoms with van der Waals surface area (Å²) in [5.41, 5.74) is 2.32. The van der Waals surface area contributed by atoms with E-state index in [0.717, 1.165) is 55.4 Å². The van der Waals surface area contributed by atoms with Crippen molar-refractivity contribution in [3.8, 4) is 11.5 Å². The zero-order valence-corrected chi connectivity index (χ0v) is 20.7. The van der Waals surface area contributed by atoms with Crippen molar-refractivity contribution in [2.45, 2.75) is 32.7 Å². The number of benzene rings is 1. The fourth-order valence-corrected chi connectivity index (χ4v) is 4.28. The quantitative estimate of drug-likeness (QED) is 0.482. The Bertz CT molecular complexity index is 1110. The molecule has 0 radical (unpaired) electrons. The molecule has 2 N–H and O–H groups in total. The standard InChI is InChI=1S/C25H33N7O3/c1-5-31-8-9-32(16-17(31)2)25-26-14-19(15-27-25)24(33)28-23-12-20(29-30-23)7-6-18-10-21(34-3)13-22(11-18)35-4/h10-15,17H,5-9,16H2,1-4H3,(H2,28,29,30,33). The number of hydrogen-bond donors (Lipinski definition) is 2. The summed E-state index contributed by atoms with van der Waals surface area (Å²) < 4.78 is 10.7. The maximum absolute atomic E-state index is 12.7. The number of H-pyrrole nitrogens is 1. The van der Waals surface area contributed by atoms with E-state index in [1.165, 1.54) is 0 Å². The van der Waals surface area contributed by atoms with Crippen LogP contribution in [-0.2, 0) is 12.8 Å². The maximum atomic E-state index is 12.7. The monoisotopic (exact) mass is 479 g/mol. The molecule has 186 valence electrons. The van der Waals surface area contributed by atoms with Crippen LogP contribution in [0.3, 0.4) is 0 Å². The van der Waals surface area contributed by atoms with Gasteiger partial charge in [0.15, 0.2) is 0 Å². The molecule has 3 heterocycles. The van der Waals surface area contributed by atoms with Crippen LogP contribution < -0.4 is 19.7 Å². The second kappa shape index (κ2) is 11.2. The minimum atomic E-state index is -0.284. The molecule has 1 unspecified atom stereocenters. The number of likely N-dealkylation sites (N-methyl/N-ethyl adjacent to an activating group) is 1. The highest BCUT2D eigenvalue weighted by Crippen LogP contribution is 2.23. The lowest BCUT2D eigenvalue weighted by atomic mass is 10.1. The first kappa shape index (κ1) is 24.5. The number of piperazine rings is 1. The van der Waals surface area contributed by atoms with Crippen LogP contribution in [0.4, 0.5) is 11.8 Å². The highest BCUT2D eigenvalue weighted by atomic mass is 16.5. The van der Waals surface area contributed by atoms with E-state index in [4.69, 9.17) is 9.47 Å². The van der Waals surface area contributed by atoms with Crippen molar-refractivity contribution in [2.75, 3.05) is 50.6 Å². The van der Waals surface area contributed by atoms with E-state index in [2.05, 4.69) is 49.1 Å². The van der Waals surface area contributed by atoms with Crippen molar-refractivity contribution in [1.29, 1.82) is 0 Å². The summed E-state index contributed by atoms with van der Waals surface area (Å²) >= 11 is 0. The number of nitrogens with zero attached hydrogens (tertiary/aromatic N) is 5. The number of methoxy groups -OCH3 is 2. The molecule has 0 spiro atoms. The minimum Gasteiger partial charge on any atom is -0.497 e. The van der Waals surface area contributed by atoms with E-state index < -0.39 is 0 Å². The number of anilines is 2. The molecule has 1 aliphatic heterocycles. The number of aryl methyl sites for hydroxylation is 2. The van der Waals surface area contributed by atoms with Crippen LogP contribution in [0.25, 0.3) is 0 Å². The molecule has 4 rings (SSSR count). The number of aromatic amines is 1. The molecule has 1 aromatic carbocycles. The number of aromatic nitrogens is 4. The summed E-state index contributed by atoms with van der Waals surface area (Å²) in [6, 6.07) is 8.08. The molecular formula is C25H33N7O3. The van der Waals surface area contributed by atoms with Crippen molar-refractivity contribution < 1.29 is 14.3 Å². The number of amides is 1. The fourth-order valence-electron chi connectivity index (χ4n) is 4.28. The predicted octanol–water partition coefficient (Wildman–Crippen LogP) is 2.78. The summed E-state index contributed by atoms with van der Waals surface area (Å²) in [4.78, 5) is 26.1. The van der Waals surface area contributed by atoms with Gasteiger partial charge in [0.25, 0.3) is 5.91 Å². The van der Waals surface area contributed by atoms with Gasteiger partial charge in [0.2, 0.25) is 5.95 Å². The van der Waals surface area contributed by atoms with E-state index in [0.29, 0.717) is 29.8 Å². The molecule has 0 aliphatic carbocycles. The lowest BCUT2D eigenvalue weighted by molar-refractivity contribution is 0.102. The van der Waals surface area contributed by atoms with Crippen LogP contribution in [0, 0.1) is 0 Å². The van der Waals surface area contributed by atoms with Crippen LogP contribution in [0.2, 0.25) is 0 Å². The van der Waals surface area contributed by atoms with Gasteiger partial charge in [0, 0.05) is 50.2 Å². The topological polar surface area (TPSA) is 109 Å². The second-order valence-corrected chi connectivity index (χ2v) is 8.64. The molecule has 0 bridgehead atoms. The highest BCUT2D eigenvalue weighted by Gasteiger charge is 2.24. The van der Waals surface area contributed by atoms with Crippen LogP contribution in [0.15, 0.2) is 36.7 Å². The van der Waals surface area contributed by atoms with Gasteiger partial charge in [0.1, 0.15) is 17.3 Å². The molecule has 10 heteroatoms. The average molecular weight is 480 g/mol. The van der Waals surface area contributed by atoms with Gasteiger partial charge in [-0.15, -0.1) is 0 Å². The predicted molar refractivity (Wildman–Crippen MR) is 134 cm³/mol. The third kappa shape index (κ3) is 6.07. The summed E-state index contributed by atoms with van der Waals surface area (Å²) in [6.07, 6.45) is 4.60. The Morgan fingerprint density at radius 3 is 2.43 bits per heavy atom. The SMILES string of the molecule is CCN1CCN(c2ncc(C(=O)Nc3cc(CCc4cc(OC)cc(OC)c4)n[nH]3)cn2)CC1C. The third-order valence-electron chi connectivity index (χ3n) is 6.31. The van der Waals surface area contributed by atoms with Crippen LogP contribution in [-0.4, -0.2) is 77.4 Å². The van der Waals surface area contributed by atoms with Gasteiger partial charge < -0.3 is 19.7 Å². The lowest BCUT2D eigenvalue weighted by Gasteiger charge is -2.39. The highest BCUT2D eigenvalue weighted by molar-refractivity contribution is 6.03. The van der Waals surface area contributed by atoms with Crippen molar-refractivity contribution in [1.82, 2.24) is 25.1 Å². The molecule has 10 nitrogen and oxygen atoms in total. The van der Waals surface area contributed by atoms with Crippen molar-refractivity contribution >= 4 is 17.7 Å². The summed E-state index contributed by atoms with van der Waals surface area (Å²) in [5, 5.41) is 10.0. The average Bonchev–Trinajstić information content (AvgIpc) is 3.34. The smallest absolute Gasteiger partial charge is 0.259 e. The maximum Gasteiger partial charge on any atom is 0.259 e. The van der Waals surface area contributed by atoms with Gasteiger partial charge in [-0.25, -0.2) is 9.97 Å². The Morgan fingerprint density at radius 2 is 1.80 bits per heavy atom. The Labute approximate surface area is 205 Å². The normalized spacial score (nSPS) is 16.2. The van der Waals surface area contributed by atoms with Crippen molar-refractivity contribution in [3.63, 3.8) is 0 Å². The van der Waals surface area contributed by atoms with Crippen LogP contribution in [0.5, 0.6) is 11.5 Å². The molecule has 0 saturated carbocycles. The Morgan fingerprint density at radius 1 is 1.09 bits per heavy atom. The molecular weight excluding hydrogens is 446 g/mol. The first-order valence-corrected chi connectivity index (χ1v) is 11.9. The van der Waals surface area contributed by atoms with Gasteiger partial charge in [-0.3, -0.25) is 14.8 Å². The number of ether oxygens (including phenoxy) is 2. The molecule has 1 atom stereocenters. The Hall–Kier alpha value is -3.66. The van der Waals surface area contributed by atoms with E-state index in [1.807, 2.05) is 24.3 Å². The van der Waals surface area contributed by atoms with E-state index in [9.17, 15) is 4.79 Å². The van der Waals surface area contributed by atoms with Gasteiger partial charge in [-0.05, 0) is 44.0 Å². The fraction of sp³-hybridized carbons (Fsp3) is 0.440. The molecule has 3 aromatic rings. The minimum absolute atomic E-state index is 0.284. The zero-order chi connectivity index (χ0) is 24.8. The summed E-state index contributed by atoms with van der Waals surface area (Å²) in [7, 11) is 3.27. The Kier molecular flexibility index (Phi) is 7.81. The Balaban J connectivity index is 1.32. The lowest BCUT2D eigenvalue weighted by Crippen LogP contribution is -2.52. The number of rotatable bonds is 9. The van der Waals surface area contributed by atoms with Gasteiger partial charge in [0.05, 0.1) is 25.5 Å². The first-order chi connectivity index (χ1) is 17.0. The van der Waals surface area contributed by atoms with Gasteiger partial charge in [-0.1, -0.05) is 6.92 Å². The van der Waals surface area contributed by atoms with Crippen LogP contribution >= 0.6 is 0 Å². The number of carbonyl (C=O) groups is 1. The largest absolute Gasteiger partial charge is 0.497 e. The first-order valence-electron chi connectivity index (χ1n) is 11.9. The van der Waals surface area contributed by atoms with Crippen molar-refractivity contribution in [3.05, 3.63) is 53.5 Å². The molecule has 1 fully saturated rings. The van der Waals surface area contributed by atoms with E-state index >= 15 is 0 Å². The molecule has 1 saturated heterocycles. The number of nitrogens with one attached hydrogen (secondary N) is 2. The van der Waals surface area contributed by atoms with Gasteiger partial charge >= 0.3 is 0 Å². The molecule has 35 heavy (non-hydrogen) atoms. The summed E-state index contributed by atoms with van der Waals surface area (Å²) in [5.74, 6) is 2.40. The summed E-state index contributed by atoms with van der Waals surface area (Å²) in [6.45, 7) is 8.17. The number of carbonyl (C=O) groups excluding carboxylic acids is 1. The molecule has 1 amide bonds. The third-order valence-corrected chi connectivity index (χ3v) is 6.31. The van der Waals surface area contributed by atoms with E-state index in [1.54, 1.807) is 26.6 Å². The molecule has 1 aliphatic rings. The van der Waals surface area contributed by atoms with Crippen LogP contribution in [0.1, 0.15) is 35.5 Å². The van der Waals surface area contributed by atoms with Crippen molar-refractivity contribution in [2.24, 2.45) is 0 Å². The van der Waals surface area contributed by atoms with Gasteiger partial charge in [-0.2, -0.15) is 5.10 Å². The second-order valence-electron chi connectivity index (χ2n) is 8.64. The molecule has 2 aromatic heterocycles. The van der Waals surface area contributed by atoms with E-state index in [-0.39, 0.29) is 5.91 Å². The zero-order valence-electron chi connectivity index (χ0n) is 20.7. The number of hydrogen-bond acceptors (Lipinski definition) is 8.